The van der Waals surface area contributed by atoms with E-state index in [4.69, 9.17) is 0 Å². The molecule has 2 N–H and O–H groups in total. The van der Waals surface area contributed by atoms with Crippen LogP contribution in [0.3, 0.4) is 0 Å². The van der Waals surface area contributed by atoms with Gasteiger partial charge in [-0.1, -0.05) is 28.1 Å². The first-order valence-electron chi connectivity index (χ1n) is 6.40. The molecule has 1 aromatic carbocycles. The Hall–Kier alpha value is -1.07. The van der Waals surface area contributed by atoms with Gasteiger partial charge in [0.15, 0.2) is 0 Å². The van der Waals surface area contributed by atoms with Gasteiger partial charge in [0.25, 0.3) is 0 Å². The molecule has 0 aliphatic rings. The van der Waals surface area contributed by atoms with Crippen molar-refractivity contribution in [3.8, 4) is 0 Å². The SMILES string of the molecule is CC(O)CN(C)C(=O)NCCCc1cccc(Br)c1. The highest BCUT2D eigenvalue weighted by Crippen LogP contribution is 2.12. The van der Waals surface area contributed by atoms with E-state index >= 15 is 0 Å². The summed E-state index contributed by atoms with van der Waals surface area (Å²) in [5, 5.41) is 12.0. The number of carbonyl (C=O) groups excluding carboxylic acids is 1. The molecule has 0 radical (unpaired) electrons. The van der Waals surface area contributed by atoms with Crippen LogP contribution in [0.15, 0.2) is 28.7 Å². The van der Waals surface area contributed by atoms with Crippen LogP contribution >= 0.6 is 15.9 Å². The molecule has 1 atom stereocenters. The van der Waals surface area contributed by atoms with Crippen LogP contribution in [0.5, 0.6) is 0 Å². The van der Waals surface area contributed by atoms with Crippen molar-refractivity contribution in [3.63, 3.8) is 0 Å². The van der Waals surface area contributed by atoms with Gasteiger partial charge in [0, 0.05) is 24.6 Å². The molecule has 0 spiro atoms. The highest BCUT2D eigenvalue weighted by molar-refractivity contribution is 9.10. The summed E-state index contributed by atoms with van der Waals surface area (Å²) in [6, 6.07) is 8.02. The molecule has 5 heteroatoms. The molecule has 0 aliphatic heterocycles. The van der Waals surface area contributed by atoms with Crippen molar-refractivity contribution < 1.29 is 9.90 Å². The number of aryl methyl sites for hydroxylation is 1. The first-order valence-corrected chi connectivity index (χ1v) is 7.20. The Kier molecular flexibility index (Phi) is 6.87. The zero-order chi connectivity index (χ0) is 14.3. The third-order valence-corrected chi connectivity index (χ3v) is 3.19. The Labute approximate surface area is 122 Å². The summed E-state index contributed by atoms with van der Waals surface area (Å²) >= 11 is 3.44. The number of amides is 2. The van der Waals surface area contributed by atoms with Crippen LogP contribution in [0.2, 0.25) is 0 Å². The Bertz CT molecular complexity index is 410. The highest BCUT2D eigenvalue weighted by atomic mass is 79.9. The van der Waals surface area contributed by atoms with Crippen molar-refractivity contribution in [2.75, 3.05) is 20.1 Å². The van der Waals surface area contributed by atoms with Gasteiger partial charge in [0.05, 0.1) is 6.10 Å². The third-order valence-electron chi connectivity index (χ3n) is 2.69. The number of halogens is 1. The summed E-state index contributed by atoms with van der Waals surface area (Å²) in [5.41, 5.74) is 1.25. The van der Waals surface area contributed by atoms with E-state index in [1.165, 1.54) is 10.5 Å². The molecular formula is C14H21BrN2O2. The lowest BCUT2D eigenvalue weighted by Crippen LogP contribution is -2.41. The molecule has 0 bridgehead atoms. The Morgan fingerprint density at radius 3 is 2.89 bits per heavy atom. The van der Waals surface area contributed by atoms with Crippen LogP contribution in [-0.2, 0) is 6.42 Å². The van der Waals surface area contributed by atoms with Gasteiger partial charge in [-0.25, -0.2) is 4.79 Å². The molecule has 4 nitrogen and oxygen atoms in total. The molecule has 0 saturated heterocycles. The van der Waals surface area contributed by atoms with Gasteiger partial charge in [-0.15, -0.1) is 0 Å². The highest BCUT2D eigenvalue weighted by Gasteiger charge is 2.09. The molecule has 106 valence electrons. The Morgan fingerprint density at radius 1 is 1.53 bits per heavy atom. The van der Waals surface area contributed by atoms with Crippen LogP contribution in [0.1, 0.15) is 18.9 Å². The molecule has 1 rings (SSSR count). The number of aliphatic hydroxyl groups excluding tert-OH is 1. The van der Waals surface area contributed by atoms with E-state index < -0.39 is 6.10 Å². The van der Waals surface area contributed by atoms with E-state index in [9.17, 15) is 9.90 Å². The van der Waals surface area contributed by atoms with Crippen molar-refractivity contribution in [1.82, 2.24) is 10.2 Å². The molecule has 0 heterocycles. The predicted molar refractivity (Wildman–Crippen MR) is 80.2 cm³/mol. The van der Waals surface area contributed by atoms with Gasteiger partial charge < -0.3 is 15.3 Å². The molecule has 2 amide bonds. The van der Waals surface area contributed by atoms with E-state index in [0.717, 1.165) is 17.3 Å². The summed E-state index contributed by atoms with van der Waals surface area (Å²) in [6.45, 7) is 2.64. The quantitative estimate of drug-likeness (QED) is 0.788. The molecule has 0 saturated carbocycles. The van der Waals surface area contributed by atoms with Crippen LogP contribution < -0.4 is 5.32 Å². The zero-order valence-corrected chi connectivity index (χ0v) is 13.0. The minimum absolute atomic E-state index is 0.143. The monoisotopic (exact) mass is 328 g/mol. The minimum atomic E-state index is -0.502. The lowest BCUT2D eigenvalue weighted by molar-refractivity contribution is 0.144. The third kappa shape index (κ3) is 6.59. The molecular weight excluding hydrogens is 308 g/mol. The standard InChI is InChI=1S/C14H21BrN2O2/c1-11(18)10-17(2)14(19)16-8-4-6-12-5-3-7-13(15)9-12/h3,5,7,9,11,18H,4,6,8,10H2,1-2H3,(H,16,19). The molecule has 1 aromatic rings. The van der Waals surface area contributed by atoms with Crippen molar-refractivity contribution in [2.45, 2.75) is 25.9 Å². The van der Waals surface area contributed by atoms with E-state index in [1.54, 1.807) is 14.0 Å². The van der Waals surface area contributed by atoms with Crippen molar-refractivity contribution in [2.24, 2.45) is 0 Å². The Morgan fingerprint density at radius 2 is 2.26 bits per heavy atom. The summed E-state index contributed by atoms with van der Waals surface area (Å²) in [4.78, 5) is 13.1. The number of urea groups is 1. The Balaban J connectivity index is 2.22. The topological polar surface area (TPSA) is 52.6 Å². The van der Waals surface area contributed by atoms with E-state index in [-0.39, 0.29) is 6.03 Å². The minimum Gasteiger partial charge on any atom is -0.392 e. The molecule has 1 unspecified atom stereocenters. The number of nitrogens with one attached hydrogen (secondary N) is 1. The number of hydrogen-bond acceptors (Lipinski definition) is 2. The maximum Gasteiger partial charge on any atom is 0.317 e. The molecule has 0 aromatic heterocycles. The second kappa shape index (κ2) is 8.17. The van der Waals surface area contributed by atoms with Crippen molar-refractivity contribution in [1.29, 1.82) is 0 Å². The average Bonchev–Trinajstić information content (AvgIpc) is 2.33. The summed E-state index contributed by atoms with van der Waals surface area (Å²) in [6.07, 6.45) is 1.32. The average molecular weight is 329 g/mol. The van der Waals surface area contributed by atoms with Crippen LogP contribution in [0.25, 0.3) is 0 Å². The predicted octanol–water partition coefficient (Wildman–Crippen LogP) is 2.40. The number of aliphatic hydroxyl groups is 1. The number of benzene rings is 1. The van der Waals surface area contributed by atoms with E-state index in [2.05, 4.69) is 33.4 Å². The van der Waals surface area contributed by atoms with Gasteiger partial charge in [-0.2, -0.15) is 0 Å². The fourth-order valence-electron chi connectivity index (χ4n) is 1.79. The summed E-state index contributed by atoms with van der Waals surface area (Å²) in [7, 11) is 1.68. The fraction of sp³-hybridized carbons (Fsp3) is 0.500. The van der Waals surface area contributed by atoms with Gasteiger partial charge in [0.2, 0.25) is 0 Å². The number of carbonyl (C=O) groups is 1. The summed E-state index contributed by atoms with van der Waals surface area (Å²) < 4.78 is 1.07. The number of nitrogens with zero attached hydrogens (tertiary/aromatic N) is 1. The van der Waals surface area contributed by atoms with Crippen LogP contribution in [0.4, 0.5) is 4.79 Å². The maximum absolute atomic E-state index is 11.6. The summed E-state index contributed by atoms with van der Waals surface area (Å²) in [5.74, 6) is 0. The second-order valence-corrected chi connectivity index (χ2v) is 5.61. The fourth-order valence-corrected chi connectivity index (χ4v) is 2.24. The second-order valence-electron chi connectivity index (χ2n) is 4.69. The lowest BCUT2D eigenvalue weighted by atomic mass is 10.1. The van der Waals surface area contributed by atoms with Crippen molar-refractivity contribution >= 4 is 22.0 Å². The maximum atomic E-state index is 11.6. The largest absolute Gasteiger partial charge is 0.392 e. The van der Waals surface area contributed by atoms with Gasteiger partial charge in [-0.3, -0.25) is 0 Å². The first kappa shape index (κ1) is 16.0. The smallest absolute Gasteiger partial charge is 0.317 e. The number of rotatable bonds is 6. The van der Waals surface area contributed by atoms with Crippen LogP contribution in [0, 0.1) is 0 Å². The zero-order valence-electron chi connectivity index (χ0n) is 11.4. The van der Waals surface area contributed by atoms with Gasteiger partial charge in [0.1, 0.15) is 0 Å². The van der Waals surface area contributed by atoms with E-state index in [1.807, 2.05) is 12.1 Å². The number of hydrogen-bond donors (Lipinski definition) is 2. The lowest BCUT2D eigenvalue weighted by Gasteiger charge is -2.19. The molecule has 0 aliphatic carbocycles. The van der Waals surface area contributed by atoms with Crippen LogP contribution in [-0.4, -0.2) is 42.3 Å². The van der Waals surface area contributed by atoms with Gasteiger partial charge >= 0.3 is 6.03 Å². The van der Waals surface area contributed by atoms with E-state index in [0.29, 0.717) is 13.1 Å². The van der Waals surface area contributed by atoms with Crippen molar-refractivity contribution in [3.05, 3.63) is 34.3 Å². The molecule has 0 fully saturated rings. The normalized spacial score (nSPS) is 12.0. The van der Waals surface area contributed by atoms with Gasteiger partial charge in [-0.05, 0) is 37.5 Å². The molecule has 19 heavy (non-hydrogen) atoms. The number of likely N-dealkylation sites (N-methyl/N-ethyl adjacent to an activating group) is 1. The first-order chi connectivity index (χ1) is 8.99.